The number of rotatable bonds is 4. The molecule has 7 heteroatoms. The van der Waals surface area contributed by atoms with E-state index >= 15 is 0 Å². The second kappa shape index (κ2) is 7.55. The molecule has 0 amide bonds. The Balaban J connectivity index is 1.40. The number of thiazole rings is 2. The second-order valence-electron chi connectivity index (χ2n) is 6.42. The van der Waals surface area contributed by atoms with Gasteiger partial charge in [-0.1, -0.05) is 41.9 Å². The van der Waals surface area contributed by atoms with Gasteiger partial charge in [0.1, 0.15) is 15.6 Å². The van der Waals surface area contributed by atoms with E-state index in [-0.39, 0.29) is 5.63 Å². The summed E-state index contributed by atoms with van der Waals surface area (Å²) in [5.74, 6) is 0. The van der Waals surface area contributed by atoms with Gasteiger partial charge in [-0.15, -0.1) is 22.7 Å². The lowest BCUT2D eigenvalue weighted by Gasteiger charge is -1.99. The van der Waals surface area contributed by atoms with E-state index in [2.05, 4.69) is 4.98 Å². The van der Waals surface area contributed by atoms with Gasteiger partial charge in [0.2, 0.25) is 0 Å². The Morgan fingerprint density at radius 3 is 2.38 bits per heavy atom. The van der Waals surface area contributed by atoms with Crippen LogP contribution < -0.4 is 5.63 Å². The van der Waals surface area contributed by atoms with Gasteiger partial charge in [0, 0.05) is 26.7 Å². The van der Waals surface area contributed by atoms with Gasteiger partial charge in [0.25, 0.3) is 0 Å². The number of hydrogen-bond donors (Lipinski definition) is 0. The average Bonchev–Trinajstić information content (AvgIpc) is 3.38. The van der Waals surface area contributed by atoms with Gasteiger partial charge in [-0.2, -0.15) is 0 Å². The lowest BCUT2D eigenvalue weighted by Crippen LogP contribution is -2.02. The summed E-state index contributed by atoms with van der Waals surface area (Å²) < 4.78 is 5.42. The van der Waals surface area contributed by atoms with E-state index in [4.69, 9.17) is 21.0 Å². The van der Waals surface area contributed by atoms with Crippen molar-refractivity contribution in [3.63, 3.8) is 0 Å². The van der Waals surface area contributed by atoms with Gasteiger partial charge in [-0.05, 0) is 24.3 Å². The Kier molecular flexibility index (Phi) is 4.75. The number of hydrogen-bond acceptors (Lipinski definition) is 6. The molecule has 0 bridgehead atoms. The summed E-state index contributed by atoms with van der Waals surface area (Å²) in [5.41, 5.74) is 3.28. The highest BCUT2D eigenvalue weighted by Crippen LogP contribution is 2.27. The Morgan fingerprint density at radius 1 is 0.897 bits per heavy atom. The van der Waals surface area contributed by atoms with Crippen molar-refractivity contribution < 1.29 is 4.42 Å². The van der Waals surface area contributed by atoms with Crippen LogP contribution in [0.15, 0.2) is 74.6 Å². The first-order chi connectivity index (χ1) is 14.2. The molecule has 142 valence electrons. The Labute approximate surface area is 179 Å². The smallest absolute Gasteiger partial charge is 0.345 e. The molecule has 0 N–H and O–H groups in total. The number of halogens is 1. The fourth-order valence-corrected chi connectivity index (χ4v) is 4.85. The molecular formula is C22H13ClN2O2S2. The first-order valence-corrected chi connectivity index (χ1v) is 11.0. The number of nitrogens with zero attached hydrogens (tertiary/aromatic N) is 2. The molecule has 29 heavy (non-hydrogen) atoms. The van der Waals surface area contributed by atoms with Gasteiger partial charge in [-0.3, -0.25) is 0 Å². The van der Waals surface area contributed by atoms with Gasteiger partial charge in [0.15, 0.2) is 0 Å². The molecule has 0 radical (unpaired) electrons. The van der Waals surface area contributed by atoms with Gasteiger partial charge in [0.05, 0.1) is 23.4 Å². The maximum atomic E-state index is 12.4. The van der Waals surface area contributed by atoms with Crippen LogP contribution in [0.1, 0.15) is 10.0 Å². The van der Waals surface area contributed by atoms with Crippen LogP contribution in [0, 0.1) is 0 Å². The predicted octanol–water partition coefficient (Wildman–Crippen LogP) is 6.28. The SMILES string of the molecule is O=c1oc2ccccc2cc1-c1csc(Cc2nc(-c3ccc(Cl)cc3)cs2)n1. The van der Waals surface area contributed by atoms with E-state index in [1.807, 2.05) is 59.3 Å². The molecule has 0 aliphatic rings. The van der Waals surface area contributed by atoms with Crippen molar-refractivity contribution in [1.82, 2.24) is 9.97 Å². The van der Waals surface area contributed by atoms with Crippen LogP contribution in [0.5, 0.6) is 0 Å². The van der Waals surface area contributed by atoms with Crippen LogP contribution in [0.25, 0.3) is 33.5 Å². The lowest BCUT2D eigenvalue weighted by atomic mass is 10.1. The van der Waals surface area contributed by atoms with E-state index in [0.717, 1.165) is 26.7 Å². The number of fused-ring (bicyclic) bond motifs is 1. The van der Waals surface area contributed by atoms with Crippen molar-refractivity contribution in [2.75, 3.05) is 0 Å². The second-order valence-corrected chi connectivity index (χ2v) is 8.74. The van der Waals surface area contributed by atoms with E-state index in [0.29, 0.717) is 28.3 Å². The Hall–Kier alpha value is -2.80. The zero-order chi connectivity index (χ0) is 19.8. The standard InChI is InChI=1S/C22H13ClN2O2S2/c23-15-7-5-13(6-8-15)17-11-28-20(24-17)10-21-25-18(12-29-21)16-9-14-3-1-2-4-19(14)27-22(16)26/h1-9,11-12H,10H2. The number of para-hydroxylation sites is 1. The molecule has 5 aromatic rings. The van der Waals surface area contributed by atoms with Gasteiger partial charge in [-0.25, -0.2) is 14.8 Å². The van der Waals surface area contributed by atoms with Crippen LogP contribution in [0.3, 0.4) is 0 Å². The summed E-state index contributed by atoms with van der Waals surface area (Å²) in [7, 11) is 0. The summed E-state index contributed by atoms with van der Waals surface area (Å²) >= 11 is 9.07. The molecule has 0 saturated carbocycles. The zero-order valence-electron chi connectivity index (χ0n) is 15.0. The van der Waals surface area contributed by atoms with Crippen LogP contribution in [-0.2, 0) is 6.42 Å². The maximum Gasteiger partial charge on any atom is 0.345 e. The van der Waals surface area contributed by atoms with Crippen LogP contribution in [-0.4, -0.2) is 9.97 Å². The number of aromatic nitrogens is 2. The number of benzene rings is 2. The molecule has 0 aliphatic heterocycles. The Morgan fingerprint density at radius 2 is 1.59 bits per heavy atom. The molecule has 0 unspecified atom stereocenters. The highest BCUT2D eigenvalue weighted by Gasteiger charge is 2.13. The van der Waals surface area contributed by atoms with Crippen molar-refractivity contribution in [1.29, 1.82) is 0 Å². The molecule has 2 aromatic carbocycles. The van der Waals surface area contributed by atoms with Gasteiger partial charge >= 0.3 is 5.63 Å². The van der Waals surface area contributed by atoms with E-state index in [1.165, 1.54) is 11.3 Å². The fraction of sp³-hybridized carbons (Fsp3) is 0.0455. The molecule has 4 nitrogen and oxygen atoms in total. The molecule has 3 heterocycles. The highest BCUT2D eigenvalue weighted by molar-refractivity contribution is 7.11. The first-order valence-electron chi connectivity index (χ1n) is 8.84. The van der Waals surface area contributed by atoms with Crippen molar-refractivity contribution >= 4 is 45.2 Å². The fourth-order valence-electron chi connectivity index (χ4n) is 3.03. The van der Waals surface area contributed by atoms with Crippen LogP contribution >= 0.6 is 34.3 Å². The molecule has 5 rings (SSSR count). The molecule has 0 atom stereocenters. The topological polar surface area (TPSA) is 56.0 Å². The van der Waals surface area contributed by atoms with Crippen molar-refractivity contribution in [3.05, 3.63) is 90.8 Å². The van der Waals surface area contributed by atoms with Crippen molar-refractivity contribution in [2.45, 2.75) is 6.42 Å². The predicted molar refractivity (Wildman–Crippen MR) is 119 cm³/mol. The maximum absolute atomic E-state index is 12.4. The quantitative estimate of drug-likeness (QED) is 0.311. The van der Waals surface area contributed by atoms with Gasteiger partial charge < -0.3 is 4.42 Å². The zero-order valence-corrected chi connectivity index (χ0v) is 17.4. The monoisotopic (exact) mass is 436 g/mol. The Bertz CT molecular complexity index is 1370. The van der Waals surface area contributed by atoms with E-state index in [9.17, 15) is 4.79 Å². The highest BCUT2D eigenvalue weighted by atomic mass is 35.5. The summed E-state index contributed by atoms with van der Waals surface area (Å²) in [6, 6.07) is 16.9. The van der Waals surface area contributed by atoms with Crippen LogP contribution in [0.2, 0.25) is 5.02 Å². The molecule has 3 aromatic heterocycles. The van der Waals surface area contributed by atoms with E-state index < -0.39 is 0 Å². The largest absolute Gasteiger partial charge is 0.422 e. The molecule has 0 saturated heterocycles. The van der Waals surface area contributed by atoms with Crippen LogP contribution in [0.4, 0.5) is 0 Å². The molecule has 0 spiro atoms. The average molecular weight is 437 g/mol. The van der Waals surface area contributed by atoms with Crippen molar-refractivity contribution in [2.24, 2.45) is 0 Å². The third kappa shape index (κ3) is 3.74. The minimum absolute atomic E-state index is 0.375. The summed E-state index contributed by atoms with van der Waals surface area (Å²) in [5, 5.41) is 7.39. The van der Waals surface area contributed by atoms with Crippen molar-refractivity contribution in [3.8, 4) is 22.5 Å². The minimum atomic E-state index is -0.375. The minimum Gasteiger partial charge on any atom is -0.422 e. The third-order valence-corrected chi connectivity index (χ3v) is 6.41. The third-order valence-electron chi connectivity index (χ3n) is 4.46. The summed E-state index contributed by atoms with van der Waals surface area (Å²) in [6.45, 7) is 0. The molecule has 0 fully saturated rings. The molecular weight excluding hydrogens is 424 g/mol. The first kappa shape index (κ1) is 18.2. The summed E-state index contributed by atoms with van der Waals surface area (Å²) in [4.78, 5) is 21.7. The normalized spacial score (nSPS) is 11.2. The molecule has 0 aliphatic carbocycles. The lowest BCUT2D eigenvalue weighted by molar-refractivity contribution is 0.563. The summed E-state index contributed by atoms with van der Waals surface area (Å²) in [6.07, 6.45) is 0.627. The van der Waals surface area contributed by atoms with E-state index in [1.54, 1.807) is 17.4 Å².